The van der Waals surface area contributed by atoms with Crippen LogP contribution in [0.1, 0.15) is 34.8 Å². The number of ether oxygens (including phenoxy) is 2. The molecule has 0 saturated heterocycles. The average molecular weight is 316 g/mol. The van der Waals surface area contributed by atoms with E-state index in [1.54, 1.807) is 6.08 Å². The van der Waals surface area contributed by atoms with Gasteiger partial charge in [-0.2, -0.15) is 0 Å². The SMILES string of the molecule is C=CCOC(=O)c1c(CC[C@@H](C)C=O)ccc(C)c1OCC=C. The van der Waals surface area contributed by atoms with Crippen molar-refractivity contribution in [2.75, 3.05) is 13.2 Å². The topological polar surface area (TPSA) is 52.6 Å². The Labute approximate surface area is 137 Å². The van der Waals surface area contributed by atoms with Crippen LogP contribution in [0.3, 0.4) is 0 Å². The first-order valence-electron chi connectivity index (χ1n) is 7.64. The Morgan fingerprint density at radius 1 is 1.26 bits per heavy atom. The van der Waals surface area contributed by atoms with E-state index in [4.69, 9.17) is 9.47 Å². The molecular formula is C19H24O4. The molecule has 1 atom stereocenters. The van der Waals surface area contributed by atoms with Crippen molar-refractivity contribution in [1.29, 1.82) is 0 Å². The van der Waals surface area contributed by atoms with Crippen LogP contribution in [0.2, 0.25) is 0 Å². The number of hydrogen-bond acceptors (Lipinski definition) is 4. The second-order valence-electron chi connectivity index (χ2n) is 5.38. The molecular weight excluding hydrogens is 292 g/mol. The number of esters is 1. The lowest BCUT2D eigenvalue weighted by Crippen LogP contribution is -2.13. The summed E-state index contributed by atoms with van der Waals surface area (Å²) in [6.07, 6.45) is 5.32. The van der Waals surface area contributed by atoms with E-state index >= 15 is 0 Å². The fourth-order valence-corrected chi connectivity index (χ4v) is 2.15. The molecule has 0 radical (unpaired) electrons. The highest BCUT2D eigenvalue weighted by Gasteiger charge is 2.21. The maximum Gasteiger partial charge on any atom is 0.342 e. The molecule has 1 aromatic rings. The van der Waals surface area contributed by atoms with Gasteiger partial charge in [-0.1, -0.05) is 44.4 Å². The summed E-state index contributed by atoms with van der Waals surface area (Å²) in [7, 11) is 0. The van der Waals surface area contributed by atoms with Gasteiger partial charge in [-0.05, 0) is 30.9 Å². The first-order valence-corrected chi connectivity index (χ1v) is 7.64. The summed E-state index contributed by atoms with van der Waals surface area (Å²) in [5.41, 5.74) is 2.09. The number of aldehydes is 1. The summed E-state index contributed by atoms with van der Waals surface area (Å²) in [5, 5.41) is 0. The van der Waals surface area contributed by atoms with E-state index < -0.39 is 5.97 Å². The zero-order valence-electron chi connectivity index (χ0n) is 13.8. The summed E-state index contributed by atoms with van der Waals surface area (Å²) in [6, 6.07) is 3.79. The van der Waals surface area contributed by atoms with Crippen LogP contribution < -0.4 is 4.74 Å². The maximum atomic E-state index is 12.4. The molecule has 1 aromatic carbocycles. The molecule has 0 aliphatic carbocycles. The molecule has 0 aliphatic rings. The Morgan fingerprint density at radius 3 is 2.57 bits per heavy atom. The lowest BCUT2D eigenvalue weighted by molar-refractivity contribution is -0.110. The van der Waals surface area contributed by atoms with Crippen molar-refractivity contribution in [3.63, 3.8) is 0 Å². The zero-order chi connectivity index (χ0) is 17.2. The van der Waals surface area contributed by atoms with E-state index in [2.05, 4.69) is 13.2 Å². The minimum absolute atomic E-state index is 0.0640. The van der Waals surface area contributed by atoms with Gasteiger partial charge in [-0.3, -0.25) is 0 Å². The lowest BCUT2D eigenvalue weighted by Gasteiger charge is -2.17. The van der Waals surface area contributed by atoms with Crippen LogP contribution in [0.4, 0.5) is 0 Å². The van der Waals surface area contributed by atoms with E-state index in [9.17, 15) is 9.59 Å². The van der Waals surface area contributed by atoms with Crippen molar-refractivity contribution in [2.24, 2.45) is 5.92 Å². The summed E-state index contributed by atoms with van der Waals surface area (Å²) in [5.74, 6) is 0.00234. The van der Waals surface area contributed by atoms with Crippen molar-refractivity contribution in [2.45, 2.75) is 26.7 Å². The highest BCUT2D eigenvalue weighted by Crippen LogP contribution is 2.29. The molecule has 0 N–H and O–H groups in total. The van der Waals surface area contributed by atoms with Crippen LogP contribution in [0, 0.1) is 12.8 Å². The quantitative estimate of drug-likeness (QED) is 0.375. The number of carbonyl (C=O) groups excluding carboxylic acids is 2. The third-order valence-electron chi connectivity index (χ3n) is 3.42. The van der Waals surface area contributed by atoms with Gasteiger partial charge < -0.3 is 14.3 Å². The molecule has 0 spiro atoms. The number of hydrogen-bond donors (Lipinski definition) is 0. The Kier molecular flexibility index (Phi) is 7.81. The van der Waals surface area contributed by atoms with Crippen LogP contribution in [0.5, 0.6) is 5.75 Å². The fourth-order valence-electron chi connectivity index (χ4n) is 2.15. The molecule has 0 saturated carbocycles. The van der Waals surface area contributed by atoms with Gasteiger partial charge in [0.2, 0.25) is 0 Å². The standard InChI is InChI=1S/C19H24O4/c1-5-11-22-18-15(4)8-10-16(9-7-14(3)13-20)17(18)19(21)23-12-6-2/h5-6,8,10,13-14H,1-2,7,9,11-12H2,3-4H3/t14-/m1/s1. The monoisotopic (exact) mass is 316 g/mol. The smallest absolute Gasteiger partial charge is 0.342 e. The zero-order valence-corrected chi connectivity index (χ0v) is 13.8. The Bertz CT molecular complexity index is 575. The van der Waals surface area contributed by atoms with Gasteiger partial charge in [-0.25, -0.2) is 4.79 Å². The molecule has 23 heavy (non-hydrogen) atoms. The van der Waals surface area contributed by atoms with Crippen molar-refractivity contribution in [3.8, 4) is 5.75 Å². The van der Waals surface area contributed by atoms with Gasteiger partial charge in [0.25, 0.3) is 0 Å². The number of carbonyl (C=O) groups is 2. The van der Waals surface area contributed by atoms with Crippen molar-refractivity contribution >= 4 is 12.3 Å². The number of aryl methyl sites for hydroxylation is 2. The molecule has 1 rings (SSSR count). The number of benzene rings is 1. The minimum Gasteiger partial charge on any atom is -0.488 e. The lowest BCUT2D eigenvalue weighted by atomic mass is 9.95. The second-order valence-corrected chi connectivity index (χ2v) is 5.38. The van der Waals surface area contributed by atoms with Gasteiger partial charge in [0.15, 0.2) is 0 Å². The normalized spacial score (nSPS) is 11.4. The van der Waals surface area contributed by atoms with Crippen LogP contribution in [0.25, 0.3) is 0 Å². The molecule has 4 heteroatoms. The summed E-state index contributed by atoms with van der Waals surface area (Å²) in [4.78, 5) is 23.2. The van der Waals surface area contributed by atoms with Crippen molar-refractivity contribution in [1.82, 2.24) is 0 Å². The van der Waals surface area contributed by atoms with Crippen molar-refractivity contribution < 1.29 is 19.1 Å². The van der Waals surface area contributed by atoms with Crippen LogP contribution >= 0.6 is 0 Å². The molecule has 4 nitrogen and oxygen atoms in total. The Hall–Kier alpha value is -2.36. The third kappa shape index (κ3) is 5.40. The first kappa shape index (κ1) is 18.7. The van der Waals surface area contributed by atoms with Gasteiger partial charge in [0.1, 0.15) is 30.8 Å². The number of rotatable bonds is 10. The summed E-state index contributed by atoms with van der Waals surface area (Å²) >= 11 is 0. The predicted octanol–water partition coefficient (Wildman–Crippen LogP) is 3.67. The summed E-state index contributed by atoms with van der Waals surface area (Å²) in [6.45, 7) is 11.3. The highest BCUT2D eigenvalue weighted by atomic mass is 16.5. The second kappa shape index (κ2) is 9.62. The molecule has 0 fully saturated rings. The largest absolute Gasteiger partial charge is 0.488 e. The fraction of sp³-hybridized carbons (Fsp3) is 0.368. The molecule has 0 aliphatic heterocycles. The summed E-state index contributed by atoms with van der Waals surface area (Å²) < 4.78 is 10.9. The van der Waals surface area contributed by atoms with Crippen LogP contribution in [0.15, 0.2) is 37.4 Å². The molecule has 0 heterocycles. The third-order valence-corrected chi connectivity index (χ3v) is 3.42. The first-order chi connectivity index (χ1) is 11.0. The molecule has 0 unspecified atom stereocenters. The van der Waals surface area contributed by atoms with Gasteiger partial charge in [0.05, 0.1) is 0 Å². The highest BCUT2D eigenvalue weighted by molar-refractivity contribution is 5.95. The van der Waals surface area contributed by atoms with E-state index in [0.29, 0.717) is 30.8 Å². The van der Waals surface area contributed by atoms with Crippen LogP contribution in [-0.2, 0) is 16.0 Å². The van der Waals surface area contributed by atoms with E-state index in [1.807, 2.05) is 26.0 Å². The average Bonchev–Trinajstić information content (AvgIpc) is 2.56. The maximum absolute atomic E-state index is 12.4. The molecule has 0 bridgehead atoms. The van der Waals surface area contributed by atoms with Gasteiger partial charge in [0, 0.05) is 5.92 Å². The Balaban J connectivity index is 3.20. The van der Waals surface area contributed by atoms with E-state index in [1.165, 1.54) is 6.08 Å². The van der Waals surface area contributed by atoms with E-state index in [0.717, 1.165) is 17.4 Å². The molecule has 124 valence electrons. The van der Waals surface area contributed by atoms with Gasteiger partial charge >= 0.3 is 5.97 Å². The minimum atomic E-state index is -0.443. The molecule has 0 amide bonds. The van der Waals surface area contributed by atoms with E-state index in [-0.39, 0.29) is 12.5 Å². The van der Waals surface area contributed by atoms with Gasteiger partial charge in [-0.15, -0.1) is 0 Å². The predicted molar refractivity (Wildman–Crippen MR) is 90.9 cm³/mol. The van der Waals surface area contributed by atoms with Crippen LogP contribution in [-0.4, -0.2) is 25.5 Å². The molecule has 0 aromatic heterocycles. The van der Waals surface area contributed by atoms with Crippen molar-refractivity contribution in [3.05, 3.63) is 54.1 Å². The Morgan fingerprint density at radius 2 is 1.96 bits per heavy atom.